The lowest BCUT2D eigenvalue weighted by Crippen LogP contribution is -2.31. The lowest BCUT2D eigenvalue weighted by atomic mass is 9.96. The lowest BCUT2D eigenvalue weighted by Gasteiger charge is -2.17. The van der Waals surface area contributed by atoms with Gasteiger partial charge in [-0.05, 0) is 24.3 Å². The third kappa shape index (κ3) is 1.12. The molecule has 1 unspecified atom stereocenters. The molecule has 1 aliphatic rings. The zero-order chi connectivity index (χ0) is 10.0. The van der Waals surface area contributed by atoms with Crippen LogP contribution in [-0.4, -0.2) is 22.3 Å². The fraction of sp³-hybridized carbons (Fsp3) is 0.100. The molecule has 0 spiro atoms. The zero-order valence-corrected chi connectivity index (χ0v) is 7.29. The zero-order valence-electron chi connectivity index (χ0n) is 7.29. The van der Waals surface area contributed by atoms with E-state index in [0.717, 1.165) is 0 Å². The molecule has 1 aliphatic heterocycles. The van der Waals surface area contributed by atoms with Gasteiger partial charge in [0.15, 0.2) is 0 Å². The fourth-order valence-electron chi connectivity index (χ4n) is 1.36. The van der Waals surface area contributed by atoms with Gasteiger partial charge >= 0.3 is 5.97 Å². The van der Waals surface area contributed by atoms with E-state index in [-0.39, 0.29) is 0 Å². The van der Waals surface area contributed by atoms with E-state index >= 15 is 0 Å². The molecule has 4 nitrogen and oxygen atoms in total. The van der Waals surface area contributed by atoms with Gasteiger partial charge in [0.25, 0.3) is 0 Å². The predicted octanol–water partition coefficient (Wildman–Crippen LogP) is 1.00. The maximum atomic E-state index is 11.1. The first-order valence-corrected chi connectivity index (χ1v) is 4.14. The largest absolute Gasteiger partial charge is 0.479 e. The summed E-state index contributed by atoms with van der Waals surface area (Å²) in [6.45, 7) is 0. The minimum Gasteiger partial charge on any atom is -0.479 e. The van der Waals surface area contributed by atoms with E-state index in [2.05, 4.69) is 9.98 Å². The van der Waals surface area contributed by atoms with Gasteiger partial charge in [0, 0.05) is 12.4 Å². The van der Waals surface area contributed by atoms with Gasteiger partial charge in [-0.2, -0.15) is 0 Å². The number of hydrogen-bond donors (Lipinski definition) is 1. The molecule has 14 heavy (non-hydrogen) atoms. The molecular weight excluding hydrogens is 180 g/mol. The van der Waals surface area contributed by atoms with E-state index in [0.29, 0.717) is 5.69 Å². The standard InChI is InChI=1S/C10H8N2O2/c13-9(14)10(5-3-7-12-10)8-4-1-2-6-11-8/h1-7H,(H,13,14). The molecule has 0 aliphatic carbocycles. The van der Waals surface area contributed by atoms with Crippen LogP contribution in [0.25, 0.3) is 0 Å². The van der Waals surface area contributed by atoms with Crippen molar-refractivity contribution < 1.29 is 9.90 Å². The van der Waals surface area contributed by atoms with E-state index < -0.39 is 11.5 Å². The van der Waals surface area contributed by atoms with Crippen LogP contribution in [0.2, 0.25) is 0 Å². The molecule has 1 atom stereocenters. The molecule has 0 bridgehead atoms. The summed E-state index contributed by atoms with van der Waals surface area (Å²) in [4.78, 5) is 19.1. The number of aliphatic imine (C=N–C) groups is 1. The number of rotatable bonds is 2. The van der Waals surface area contributed by atoms with Crippen LogP contribution in [0, 0.1) is 0 Å². The molecule has 1 aromatic heterocycles. The van der Waals surface area contributed by atoms with E-state index in [1.165, 1.54) is 12.3 Å². The van der Waals surface area contributed by atoms with E-state index in [9.17, 15) is 4.79 Å². The Bertz CT molecular complexity index is 397. The van der Waals surface area contributed by atoms with Crippen molar-refractivity contribution in [3.05, 3.63) is 42.2 Å². The molecule has 1 N–H and O–H groups in total. The average Bonchev–Trinajstić information content (AvgIpc) is 2.69. The van der Waals surface area contributed by atoms with Gasteiger partial charge in [-0.15, -0.1) is 0 Å². The van der Waals surface area contributed by atoms with Crippen molar-refractivity contribution in [2.24, 2.45) is 4.99 Å². The Kier molecular flexibility index (Phi) is 1.89. The molecular formula is C10H8N2O2. The molecule has 0 aromatic carbocycles. The van der Waals surface area contributed by atoms with Gasteiger partial charge in [0.1, 0.15) is 0 Å². The number of carboxylic acids is 1. The molecule has 0 saturated heterocycles. The van der Waals surface area contributed by atoms with Crippen LogP contribution < -0.4 is 0 Å². The van der Waals surface area contributed by atoms with Gasteiger partial charge in [0.05, 0.1) is 5.69 Å². The highest BCUT2D eigenvalue weighted by Gasteiger charge is 2.39. The minimum atomic E-state index is -1.32. The summed E-state index contributed by atoms with van der Waals surface area (Å²) in [5.41, 5.74) is -0.890. The number of hydrogen-bond acceptors (Lipinski definition) is 3. The Morgan fingerprint density at radius 2 is 2.29 bits per heavy atom. The van der Waals surface area contributed by atoms with Crippen LogP contribution in [0.15, 0.2) is 41.5 Å². The molecule has 0 saturated carbocycles. The van der Waals surface area contributed by atoms with Gasteiger partial charge in [-0.1, -0.05) is 6.07 Å². The maximum absolute atomic E-state index is 11.1. The normalized spacial score (nSPS) is 24.0. The summed E-state index contributed by atoms with van der Waals surface area (Å²) >= 11 is 0. The molecule has 0 fully saturated rings. The summed E-state index contributed by atoms with van der Waals surface area (Å²) in [6.07, 6.45) is 6.17. The molecule has 2 rings (SSSR count). The van der Waals surface area contributed by atoms with Crippen molar-refractivity contribution >= 4 is 12.2 Å². The van der Waals surface area contributed by atoms with E-state index in [1.54, 1.807) is 30.5 Å². The number of carboxylic acid groups (broad SMARTS) is 1. The van der Waals surface area contributed by atoms with Gasteiger partial charge in [-0.25, -0.2) is 4.79 Å². The van der Waals surface area contributed by atoms with Crippen LogP contribution in [0.5, 0.6) is 0 Å². The average molecular weight is 188 g/mol. The second-order valence-electron chi connectivity index (χ2n) is 2.92. The van der Waals surface area contributed by atoms with Crippen molar-refractivity contribution in [2.75, 3.05) is 0 Å². The molecule has 70 valence electrons. The summed E-state index contributed by atoms with van der Waals surface area (Å²) in [5.74, 6) is -1.01. The summed E-state index contributed by atoms with van der Waals surface area (Å²) < 4.78 is 0. The van der Waals surface area contributed by atoms with Crippen LogP contribution in [0.1, 0.15) is 5.69 Å². The van der Waals surface area contributed by atoms with Crippen molar-refractivity contribution in [1.82, 2.24) is 4.98 Å². The lowest BCUT2D eigenvalue weighted by molar-refractivity contribution is -0.141. The number of pyridine rings is 1. The predicted molar refractivity (Wildman–Crippen MR) is 51.2 cm³/mol. The summed E-state index contributed by atoms with van der Waals surface area (Å²) in [5, 5.41) is 9.11. The first-order valence-electron chi connectivity index (χ1n) is 4.14. The first kappa shape index (κ1) is 8.62. The van der Waals surface area contributed by atoms with Gasteiger partial charge < -0.3 is 5.11 Å². The highest BCUT2D eigenvalue weighted by atomic mass is 16.4. The van der Waals surface area contributed by atoms with Crippen LogP contribution in [-0.2, 0) is 10.3 Å². The van der Waals surface area contributed by atoms with Crippen molar-refractivity contribution in [1.29, 1.82) is 0 Å². The van der Waals surface area contributed by atoms with Crippen molar-refractivity contribution in [3.63, 3.8) is 0 Å². The fourth-order valence-corrected chi connectivity index (χ4v) is 1.36. The summed E-state index contributed by atoms with van der Waals surface area (Å²) in [6, 6.07) is 5.14. The topological polar surface area (TPSA) is 62.5 Å². The first-order chi connectivity index (χ1) is 6.76. The minimum absolute atomic E-state index is 0.428. The number of carbonyl (C=O) groups is 1. The Hall–Kier alpha value is -1.97. The van der Waals surface area contributed by atoms with Crippen molar-refractivity contribution in [3.8, 4) is 0 Å². The molecule has 0 radical (unpaired) electrons. The number of aromatic nitrogens is 1. The number of aliphatic carboxylic acids is 1. The smallest absolute Gasteiger partial charge is 0.341 e. The third-order valence-electron chi connectivity index (χ3n) is 2.08. The molecule has 4 heteroatoms. The Morgan fingerprint density at radius 1 is 1.43 bits per heavy atom. The summed E-state index contributed by atoms with van der Waals surface area (Å²) in [7, 11) is 0. The quantitative estimate of drug-likeness (QED) is 0.753. The highest BCUT2D eigenvalue weighted by Crippen LogP contribution is 2.28. The second-order valence-corrected chi connectivity index (χ2v) is 2.92. The number of nitrogens with zero attached hydrogens (tertiary/aromatic N) is 2. The van der Waals surface area contributed by atoms with Gasteiger partial charge in [-0.3, -0.25) is 9.98 Å². The van der Waals surface area contributed by atoms with Crippen LogP contribution in [0.3, 0.4) is 0 Å². The highest BCUT2D eigenvalue weighted by molar-refractivity contribution is 5.90. The van der Waals surface area contributed by atoms with Gasteiger partial charge in [0.2, 0.25) is 5.54 Å². The second kappa shape index (κ2) is 3.06. The Labute approximate surface area is 80.6 Å². The Balaban J connectivity index is 2.54. The number of allylic oxidation sites excluding steroid dienone is 1. The monoisotopic (exact) mass is 188 g/mol. The third-order valence-corrected chi connectivity index (χ3v) is 2.08. The Morgan fingerprint density at radius 3 is 2.79 bits per heavy atom. The molecule has 0 amide bonds. The molecule has 1 aromatic rings. The van der Waals surface area contributed by atoms with Crippen LogP contribution in [0.4, 0.5) is 0 Å². The van der Waals surface area contributed by atoms with E-state index in [4.69, 9.17) is 5.11 Å². The van der Waals surface area contributed by atoms with E-state index in [1.807, 2.05) is 0 Å². The SMILES string of the molecule is O=C(O)C1(c2ccccn2)C=CC=N1. The molecule has 2 heterocycles. The van der Waals surface area contributed by atoms with Crippen molar-refractivity contribution in [2.45, 2.75) is 5.54 Å². The maximum Gasteiger partial charge on any atom is 0.341 e. The van der Waals surface area contributed by atoms with Crippen LogP contribution >= 0.6 is 0 Å².